The van der Waals surface area contributed by atoms with Gasteiger partial charge in [0.25, 0.3) is 0 Å². The molecule has 1 heterocycles. The summed E-state index contributed by atoms with van der Waals surface area (Å²) in [5.74, 6) is 1.55. The summed E-state index contributed by atoms with van der Waals surface area (Å²) in [5, 5.41) is 3.78. The second-order valence-electron chi connectivity index (χ2n) is 3.02. The first-order valence-electron chi connectivity index (χ1n) is 4.98. The van der Waals surface area contributed by atoms with Gasteiger partial charge in [0.15, 0.2) is 5.16 Å². The highest BCUT2D eigenvalue weighted by Gasteiger charge is 2.03. The Hall–Kier alpha value is -0.550. The lowest BCUT2D eigenvalue weighted by molar-refractivity contribution is 0.776. The van der Waals surface area contributed by atoms with E-state index in [1.807, 2.05) is 0 Å². The highest BCUT2D eigenvalue weighted by atomic mass is 35.5. The first kappa shape index (κ1) is 12.5. The average molecular weight is 247 g/mol. The molecule has 0 aliphatic rings. The number of nitrogens with one attached hydrogen (secondary N) is 1. The number of hydrogen-bond donors (Lipinski definition) is 1. The van der Waals surface area contributed by atoms with Gasteiger partial charge in [-0.1, -0.05) is 31.5 Å². The molecule has 1 aromatic heterocycles. The number of thioether (sulfide) groups is 1. The third-order valence-electron chi connectivity index (χ3n) is 1.79. The molecule has 0 radical (unpaired) electrons. The molecule has 0 saturated carbocycles. The fraction of sp³-hybridized carbons (Fsp3) is 0.667. The molecule has 0 bridgehead atoms. The first-order chi connectivity index (χ1) is 7.26. The smallest absolute Gasteiger partial charge is 0.228 e. The molecule has 0 aromatic carbocycles. The normalized spacial score (nSPS) is 10.3. The van der Waals surface area contributed by atoms with E-state index in [-0.39, 0.29) is 5.28 Å². The molecule has 84 valence electrons. The molecule has 15 heavy (non-hydrogen) atoms. The summed E-state index contributed by atoms with van der Waals surface area (Å²) in [6.45, 7) is 2.18. The van der Waals surface area contributed by atoms with E-state index in [1.54, 1.807) is 18.8 Å². The molecule has 0 aliphatic heterocycles. The van der Waals surface area contributed by atoms with Crippen LogP contribution in [0.25, 0.3) is 0 Å². The zero-order valence-corrected chi connectivity index (χ0v) is 10.5. The summed E-state index contributed by atoms with van der Waals surface area (Å²) in [5.41, 5.74) is 0. The van der Waals surface area contributed by atoms with E-state index >= 15 is 0 Å². The van der Waals surface area contributed by atoms with Crippen LogP contribution in [-0.4, -0.2) is 27.8 Å². The fourth-order valence-corrected chi connectivity index (χ4v) is 2.07. The van der Waals surface area contributed by atoms with Gasteiger partial charge in [-0.2, -0.15) is 15.0 Å². The third kappa shape index (κ3) is 4.66. The Balaban J connectivity index is 2.49. The van der Waals surface area contributed by atoms with Gasteiger partial charge in [-0.05, 0) is 18.0 Å². The molecular weight excluding hydrogens is 232 g/mol. The van der Waals surface area contributed by atoms with Gasteiger partial charge in [-0.25, -0.2) is 0 Å². The van der Waals surface area contributed by atoms with Gasteiger partial charge in [-0.15, -0.1) is 0 Å². The highest BCUT2D eigenvalue weighted by molar-refractivity contribution is 7.99. The van der Waals surface area contributed by atoms with Crippen molar-refractivity contribution in [1.82, 2.24) is 15.0 Å². The predicted molar refractivity (Wildman–Crippen MR) is 64.6 cm³/mol. The van der Waals surface area contributed by atoms with Gasteiger partial charge in [0.1, 0.15) is 0 Å². The number of anilines is 1. The minimum Gasteiger partial charge on any atom is -0.357 e. The van der Waals surface area contributed by atoms with Crippen LogP contribution < -0.4 is 5.32 Å². The van der Waals surface area contributed by atoms with Gasteiger partial charge in [0.2, 0.25) is 11.2 Å². The maximum Gasteiger partial charge on any atom is 0.228 e. The molecular formula is C9H15ClN4S. The van der Waals surface area contributed by atoms with E-state index in [1.165, 1.54) is 19.3 Å². The summed E-state index contributed by atoms with van der Waals surface area (Å²) in [4.78, 5) is 12.2. The lowest BCUT2D eigenvalue weighted by Gasteiger charge is -2.02. The van der Waals surface area contributed by atoms with Crippen molar-refractivity contribution in [1.29, 1.82) is 0 Å². The van der Waals surface area contributed by atoms with Crippen LogP contribution in [0.1, 0.15) is 26.2 Å². The van der Waals surface area contributed by atoms with Crippen LogP contribution in [-0.2, 0) is 0 Å². The molecule has 0 saturated heterocycles. The van der Waals surface area contributed by atoms with Crippen LogP contribution in [0, 0.1) is 0 Å². The van der Waals surface area contributed by atoms with Crippen molar-refractivity contribution in [3.63, 3.8) is 0 Å². The third-order valence-corrected chi connectivity index (χ3v) is 2.89. The Kier molecular flexibility index (Phi) is 5.71. The number of hydrogen-bond acceptors (Lipinski definition) is 5. The second kappa shape index (κ2) is 6.85. The lowest BCUT2D eigenvalue weighted by Crippen LogP contribution is -2.00. The molecule has 0 spiro atoms. The Morgan fingerprint density at radius 2 is 2.07 bits per heavy atom. The maximum atomic E-state index is 5.75. The summed E-state index contributed by atoms with van der Waals surface area (Å²) in [7, 11) is 1.76. The quantitative estimate of drug-likeness (QED) is 0.618. The van der Waals surface area contributed by atoms with Gasteiger partial charge in [-0.3, -0.25) is 0 Å². The molecule has 0 unspecified atom stereocenters. The zero-order chi connectivity index (χ0) is 11.1. The Morgan fingerprint density at radius 3 is 2.73 bits per heavy atom. The summed E-state index contributed by atoms with van der Waals surface area (Å²) in [6, 6.07) is 0. The maximum absolute atomic E-state index is 5.75. The lowest BCUT2D eigenvalue weighted by atomic mass is 10.3. The standard InChI is InChI=1S/C9H15ClN4S/c1-3-4-5-6-15-9-13-7(10)12-8(11-2)14-9/h3-6H2,1-2H3,(H,11,12,13,14). The molecule has 1 aromatic rings. The number of unbranched alkanes of at least 4 members (excludes halogenated alkanes) is 2. The van der Waals surface area contributed by atoms with Gasteiger partial charge in [0.05, 0.1) is 0 Å². The molecule has 0 fully saturated rings. The summed E-state index contributed by atoms with van der Waals surface area (Å²) >= 11 is 7.37. The van der Waals surface area contributed by atoms with Gasteiger partial charge < -0.3 is 5.32 Å². The van der Waals surface area contributed by atoms with Crippen LogP contribution in [0.15, 0.2) is 5.16 Å². The van der Waals surface area contributed by atoms with E-state index in [4.69, 9.17) is 11.6 Å². The SMILES string of the molecule is CCCCCSc1nc(Cl)nc(NC)n1. The summed E-state index contributed by atoms with van der Waals surface area (Å²) in [6.07, 6.45) is 3.64. The minimum atomic E-state index is 0.243. The van der Waals surface area contributed by atoms with Crippen molar-refractivity contribution in [3.8, 4) is 0 Å². The topological polar surface area (TPSA) is 50.7 Å². The molecule has 1 rings (SSSR count). The summed E-state index contributed by atoms with van der Waals surface area (Å²) < 4.78 is 0. The molecule has 0 amide bonds. The Bertz CT molecular complexity index is 308. The molecule has 4 nitrogen and oxygen atoms in total. The van der Waals surface area contributed by atoms with E-state index in [9.17, 15) is 0 Å². The predicted octanol–water partition coefficient (Wildman–Crippen LogP) is 2.85. The van der Waals surface area contributed by atoms with E-state index < -0.39 is 0 Å². The molecule has 0 aliphatic carbocycles. The van der Waals surface area contributed by atoms with E-state index in [2.05, 4.69) is 27.2 Å². The fourth-order valence-electron chi connectivity index (χ4n) is 1.02. The van der Waals surface area contributed by atoms with E-state index in [0.717, 1.165) is 5.75 Å². The van der Waals surface area contributed by atoms with Crippen molar-refractivity contribution in [2.24, 2.45) is 0 Å². The minimum absolute atomic E-state index is 0.243. The monoisotopic (exact) mass is 246 g/mol. The van der Waals surface area contributed by atoms with Crippen molar-refractivity contribution in [3.05, 3.63) is 5.28 Å². The van der Waals surface area contributed by atoms with Crippen molar-refractivity contribution < 1.29 is 0 Å². The number of rotatable bonds is 6. The van der Waals surface area contributed by atoms with E-state index in [0.29, 0.717) is 11.1 Å². The van der Waals surface area contributed by atoms with Crippen LogP contribution in [0.3, 0.4) is 0 Å². The highest BCUT2D eigenvalue weighted by Crippen LogP contribution is 2.17. The van der Waals surface area contributed by atoms with Crippen molar-refractivity contribution >= 4 is 29.3 Å². The van der Waals surface area contributed by atoms with Crippen molar-refractivity contribution in [2.75, 3.05) is 18.1 Å². The van der Waals surface area contributed by atoms with Crippen LogP contribution in [0.4, 0.5) is 5.95 Å². The number of halogens is 1. The molecule has 6 heteroatoms. The van der Waals surface area contributed by atoms with Gasteiger partial charge >= 0.3 is 0 Å². The number of nitrogens with zero attached hydrogens (tertiary/aromatic N) is 3. The van der Waals surface area contributed by atoms with Crippen LogP contribution >= 0.6 is 23.4 Å². The first-order valence-corrected chi connectivity index (χ1v) is 6.34. The van der Waals surface area contributed by atoms with Crippen LogP contribution in [0.5, 0.6) is 0 Å². The van der Waals surface area contributed by atoms with Crippen LogP contribution in [0.2, 0.25) is 5.28 Å². The van der Waals surface area contributed by atoms with Crippen molar-refractivity contribution in [2.45, 2.75) is 31.3 Å². The zero-order valence-electron chi connectivity index (χ0n) is 8.96. The Labute approximate surface area is 99.3 Å². The average Bonchev–Trinajstić information content (AvgIpc) is 2.23. The number of aromatic nitrogens is 3. The largest absolute Gasteiger partial charge is 0.357 e. The molecule has 1 N–H and O–H groups in total. The molecule has 0 atom stereocenters. The Morgan fingerprint density at radius 1 is 1.27 bits per heavy atom. The van der Waals surface area contributed by atoms with Gasteiger partial charge in [0, 0.05) is 12.8 Å². The second-order valence-corrected chi connectivity index (χ2v) is 4.42.